The van der Waals surface area contributed by atoms with Gasteiger partial charge in [-0.2, -0.15) is 12.6 Å². The first-order valence-corrected chi connectivity index (χ1v) is 6.02. The zero-order valence-electron chi connectivity index (χ0n) is 9.68. The van der Waals surface area contributed by atoms with Crippen molar-refractivity contribution in [3.05, 3.63) is 28.8 Å². The number of rotatable bonds is 4. The van der Waals surface area contributed by atoms with Crippen LogP contribution in [-0.2, 0) is 9.59 Å². The quantitative estimate of drug-likeness (QED) is 0.675. The molecule has 92 valence electrons. The summed E-state index contributed by atoms with van der Waals surface area (Å²) in [6, 6.07) is 5.37. The molecule has 0 aliphatic rings. The number of anilines is 1. The topological polar surface area (TPSA) is 37.4 Å². The summed E-state index contributed by atoms with van der Waals surface area (Å²) in [5.74, 6) is -0.222. The lowest BCUT2D eigenvalue weighted by Gasteiger charge is -2.20. The second-order valence-electron chi connectivity index (χ2n) is 3.75. The van der Waals surface area contributed by atoms with Gasteiger partial charge in [0.2, 0.25) is 5.91 Å². The number of carbonyl (C=O) groups excluding carboxylic acids is 2. The number of amides is 1. The molecule has 0 bridgehead atoms. The van der Waals surface area contributed by atoms with Gasteiger partial charge in [0, 0.05) is 24.2 Å². The van der Waals surface area contributed by atoms with Crippen LogP contribution >= 0.6 is 24.2 Å². The van der Waals surface area contributed by atoms with E-state index < -0.39 is 5.25 Å². The van der Waals surface area contributed by atoms with Crippen LogP contribution in [0.1, 0.15) is 12.0 Å². The first-order chi connectivity index (χ1) is 7.97. The van der Waals surface area contributed by atoms with Crippen LogP contribution in [0.25, 0.3) is 0 Å². The summed E-state index contributed by atoms with van der Waals surface area (Å²) in [6.45, 7) is 1.89. The average molecular weight is 272 g/mol. The fourth-order valence-electron chi connectivity index (χ4n) is 1.33. The predicted molar refractivity (Wildman–Crippen MR) is 73.1 cm³/mol. The Bertz CT molecular complexity index is 437. The Labute approximate surface area is 111 Å². The van der Waals surface area contributed by atoms with E-state index in [1.807, 2.05) is 13.0 Å². The summed E-state index contributed by atoms with van der Waals surface area (Å²) >= 11 is 10.1. The van der Waals surface area contributed by atoms with Crippen LogP contribution in [-0.4, -0.2) is 24.5 Å². The molecule has 0 aliphatic carbocycles. The largest absolute Gasteiger partial charge is 0.314 e. The van der Waals surface area contributed by atoms with Gasteiger partial charge in [-0.3, -0.25) is 4.79 Å². The second kappa shape index (κ2) is 6.07. The molecule has 0 saturated heterocycles. The molecule has 1 aromatic rings. The zero-order chi connectivity index (χ0) is 13.0. The second-order valence-corrected chi connectivity index (χ2v) is 4.78. The SMILES string of the molecule is Cc1ccc(N(C)C(=O)C(S)CC=O)cc1Cl. The van der Waals surface area contributed by atoms with Gasteiger partial charge >= 0.3 is 0 Å². The van der Waals surface area contributed by atoms with Crippen LogP contribution in [0, 0.1) is 6.92 Å². The van der Waals surface area contributed by atoms with Crippen molar-refractivity contribution in [2.75, 3.05) is 11.9 Å². The van der Waals surface area contributed by atoms with E-state index in [0.717, 1.165) is 5.56 Å². The normalized spacial score (nSPS) is 12.0. The molecule has 0 heterocycles. The van der Waals surface area contributed by atoms with E-state index in [2.05, 4.69) is 12.6 Å². The summed E-state index contributed by atoms with van der Waals surface area (Å²) in [5, 5.41) is -0.00849. The Balaban J connectivity index is 2.88. The Morgan fingerprint density at radius 2 is 2.24 bits per heavy atom. The van der Waals surface area contributed by atoms with Gasteiger partial charge in [0.25, 0.3) is 0 Å². The zero-order valence-corrected chi connectivity index (χ0v) is 11.3. The highest BCUT2D eigenvalue weighted by molar-refractivity contribution is 7.81. The Morgan fingerprint density at radius 3 is 2.76 bits per heavy atom. The highest BCUT2D eigenvalue weighted by Crippen LogP contribution is 2.23. The summed E-state index contributed by atoms with van der Waals surface area (Å²) in [5.41, 5.74) is 1.64. The minimum Gasteiger partial charge on any atom is -0.314 e. The van der Waals surface area contributed by atoms with Gasteiger partial charge in [-0.15, -0.1) is 0 Å². The molecule has 1 atom stereocenters. The van der Waals surface area contributed by atoms with E-state index in [4.69, 9.17) is 11.6 Å². The third kappa shape index (κ3) is 3.48. The Kier molecular flexibility index (Phi) is 5.02. The van der Waals surface area contributed by atoms with Crippen molar-refractivity contribution in [2.45, 2.75) is 18.6 Å². The van der Waals surface area contributed by atoms with Crippen molar-refractivity contribution in [1.29, 1.82) is 0 Å². The number of halogens is 1. The maximum atomic E-state index is 11.9. The number of nitrogens with zero attached hydrogens (tertiary/aromatic N) is 1. The molecule has 1 aromatic carbocycles. The first-order valence-electron chi connectivity index (χ1n) is 5.12. The lowest BCUT2D eigenvalue weighted by atomic mass is 10.2. The van der Waals surface area contributed by atoms with Crippen LogP contribution in [0.4, 0.5) is 5.69 Å². The van der Waals surface area contributed by atoms with Crippen molar-refractivity contribution in [3.63, 3.8) is 0 Å². The molecule has 0 aliphatic heterocycles. The van der Waals surface area contributed by atoms with E-state index >= 15 is 0 Å². The number of carbonyl (C=O) groups is 2. The molecule has 17 heavy (non-hydrogen) atoms. The highest BCUT2D eigenvalue weighted by Gasteiger charge is 2.19. The number of hydrogen-bond donors (Lipinski definition) is 1. The molecule has 0 radical (unpaired) electrons. The third-order valence-corrected chi connectivity index (χ3v) is 3.32. The number of benzene rings is 1. The van der Waals surface area contributed by atoms with Gasteiger partial charge in [0.15, 0.2) is 0 Å². The number of aryl methyl sites for hydroxylation is 1. The summed E-state index contributed by atoms with van der Waals surface area (Å²) in [4.78, 5) is 23.7. The lowest BCUT2D eigenvalue weighted by Crippen LogP contribution is -2.33. The van der Waals surface area contributed by atoms with Crippen molar-refractivity contribution in [2.24, 2.45) is 0 Å². The predicted octanol–water partition coefficient (Wildman–Crippen LogP) is 2.50. The molecule has 3 nitrogen and oxygen atoms in total. The standard InChI is InChI=1S/C12H14ClNO2S/c1-8-3-4-9(7-10(8)13)14(2)12(16)11(17)5-6-15/h3-4,6-7,11,17H,5H2,1-2H3. The molecule has 0 N–H and O–H groups in total. The minimum atomic E-state index is -0.613. The van der Waals surface area contributed by atoms with E-state index in [9.17, 15) is 9.59 Å². The summed E-state index contributed by atoms with van der Waals surface area (Å²) in [7, 11) is 1.64. The van der Waals surface area contributed by atoms with Gasteiger partial charge in [-0.25, -0.2) is 0 Å². The molecule has 0 saturated carbocycles. The van der Waals surface area contributed by atoms with Crippen LogP contribution in [0.5, 0.6) is 0 Å². The summed E-state index contributed by atoms with van der Waals surface area (Å²) in [6.07, 6.45) is 0.789. The van der Waals surface area contributed by atoms with Crippen molar-refractivity contribution in [3.8, 4) is 0 Å². The lowest BCUT2D eigenvalue weighted by molar-refractivity contribution is -0.119. The third-order valence-electron chi connectivity index (χ3n) is 2.48. The average Bonchev–Trinajstić information content (AvgIpc) is 2.31. The number of thiol groups is 1. The van der Waals surface area contributed by atoms with Crippen molar-refractivity contribution < 1.29 is 9.59 Å². The molecular weight excluding hydrogens is 258 g/mol. The molecular formula is C12H14ClNO2S. The van der Waals surface area contributed by atoms with Gasteiger partial charge in [0.05, 0.1) is 5.25 Å². The molecule has 1 unspecified atom stereocenters. The minimum absolute atomic E-state index is 0.103. The number of hydrogen-bond acceptors (Lipinski definition) is 3. The van der Waals surface area contributed by atoms with Gasteiger partial charge < -0.3 is 9.69 Å². The fourth-order valence-corrected chi connectivity index (χ4v) is 1.77. The molecule has 1 amide bonds. The molecule has 5 heteroatoms. The van der Waals surface area contributed by atoms with E-state index in [-0.39, 0.29) is 12.3 Å². The first kappa shape index (κ1) is 14.1. The van der Waals surface area contributed by atoms with Gasteiger partial charge in [-0.1, -0.05) is 17.7 Å². The highest BCUT2D eigenvalue weighted by atomic mass is 35.5. The van der Waals surface area contributed by atoms with Crippen LogP contribution in [0.15, 0.2) is 18.2 Å². The Morgan fingerprint density at radius 1 is 1.59 bits per heavy atom. The van der Waals surface area contributed by atoms with Gasteiger partial charge in [-0.05, 0) is 24.6 Å². The Hall–Kier alpha value is -1.00. The summed E-state index contributed by atoms with van der Waals surface area (Å²) < 4.78 is 0. The molecule has 0 aromatic heterocycles. The molecule has 1 rings (SSSR count). The maximum Gasteiger partial charge on any atom is 0.240 e. The van der Waals surface area contributed by atoms with Crippen LogP contribution in [0.2, 0.25) is 5.02 Å². The van der Waals surface area contributed by atoms with Crippen molar-refractivity contribution in [1.82, 2.24) is 0 Å². The van der Waals surface area contributed by atoms with Crippen molar-refractivity contribution >= 4 is 42.1 Å². The van der Waals surface area contributed by atoms with Crippen LogP contribution in [0.3, 0.4) is 0 Å². The molecule has 0 fully saturated rings. The number of aldehydes is 1. The molecule has 0 spiro atoms. The van der Waals surface area contributed by atoms with E-state index in [1.165, 1.54) is 4.90 Å². The maximum absolute atomic E-state index is 11.9. The fraction of sp³-hybridized carbons (Fsp3) is 0.333. The van der Waals surface area contributed by atoms with Gasteiger partial charge in [0.1, 0.15) is 6.29 Å². The smallest absolute Gasteiger partial charge is 0.240 e. The van der Waals surface area contributed by atoms with Crippen LogP contribution < -0.4 is 4.90 Å². The monoisotopic (exact) mass is 271 g/mol. The van der Waals surface area contributed by atoms with E-state index in [1.54, 1.807) is 19.2 Å². The van der Waals surface area contributed by atoms with E-state index in [0.29, 0.717) is 17.0 Å².